The summed E-state index contributed by atoms with van der Waals surface area (Å²) in [5.74, 6) is 2.79. The minimum atomic E-state index is 0.829. The molecule has 4 heteroatoms. The first-order valence-corrected chi connectivity index (χ1v) is 9.72. The van der Waals surface area contributed by atoms with Crippen molar-refractivity contribution in [3.8, 4) is 34.0 Å². The molecular formula is C25H22N2O2. The molecule has 3 aromatic carbocycles. The van der Waals surface area contributed by atoms with Crippen LogP contribution in [0.4, 0.5) is 0 Å². The molecule has 2 heterocycles. The van der Waals surface area contributed by atoms with Gasteiger partial charge in [-0.2, -0.15) is 0 Å². The Hall–Kier alpha value is -3.53. The summed E-state index contributed by atoms with van der Waals surface area (Å²) in [7, 11) is 3.37. The van der Waals surface area contributed by atoms with Gasteiger partial charge in [0.25, 0.3) is 0 Å². The van der Waals surface area contributed by atoms with E-state index in [1.165, 1.54) is 11.1 Å². The van der Waals surface area contributed by atoms with Crippen LogP contribution >= 0.6 is 0 Å². The van der Waals surface area contributed by atoms with E-state index in [4.69, 9.17) is 14.5 Å². The lowest BCUT2D eigenvalue weighted by Crippen LogP contribution is -2.14. The number of imidazole rings is 1. The maximum Gasteiger partial charge on any atom is 0.118 e. The van der Waals surface area contributed by atoms with Gasteiger partial charge in [-0.3, -0.25) is 0 Å². The highest BCUT2D eigenvalue weighted by Gasteiger charge is 2.24. The van der Waals surface area contributed by atoms with Crippen molar-refractivity contribution in [2.24, 2.45) is 0 Å². The molecule has 0 saturated heterocycles. The molecule has 0 saturated carbocycles. The molecule has 0 atom stereocenters. The van der Waals surface area contributed by atoms with Gasteiger partial charge in [0.15, 0.2) is 0 Å². The summed E-state index contributed by atoms with van der Waals surface area (Å²) < 4.78 is 13.0. The topological polar surface area (TPSA) is 36.3 Å². The van der Waals surface area contributed by atoms with Crippen LogP contribution in [0.2, 0.25) is 0 Å². The number of ether oxygens (including phenoxy) is 2. The normalized spacial score (nSPS) is 12.2. The zero-order valence-corrected chi connectivity index (χ0v) is 16.6. The van der Waals surface area contributed by atoms with E-state index in [0.717, 1.165) is 52.8 Å². The second-order valence-corrected chi connectivity index (χ2v) is 7.21. The first-order chi connectivity index (χ1) is 14.3. The summed E-state index contributed by atoms with van der Waals surface area (Å²) in [4.78, 5) is 5.09. The first kappa shape index (κ1) is 17.6. The second-order valence-electron chi connectivity index (χ2n) is 7.21. The maximum absolute atomic E-state index is 5.35. The van der Waals surface area contributed by atoms with Crippen LogP contribution in [0.5, 0.6) is 11.5 Å². The van der Waals surface area contributed by atoms with E-state index in [0.29, 0.717) is 0 Å². The molecule has 0 aliphatic carbocycles. The van der Waals surface area contributed by atoms with Crippen molar-refractivity contribution in [1.82, 2.24) is 9.55 Å². The van der Waals surface area contributed by atoms with Crippen LogP contribution in [-0.2, 0) is 13.0 Å². The molecular weight excluding hydrogens is 360 g/mol. The van der Waals surface area contributed by atoms with Gasteiger partial charge in [-0.1, -0.05) is 24.3 Å². The zero-order valence-electron chi connectivity index (χ0n) is 16.6. The predicted molar refractivity (Wildman–Crippen MR) is 115 cm³/mol. The molecule has 0 fully saturated rings. The molecule has 1 aliphatic heterocycles. The van der Waals surface area contributed by atoms with Gasteiger partial charge < -0.3 is 14.0 Å². The van der Waals surface area contributed by atoms with Gasteiger partial charge in [-0.25, -0.2) is 4.98 Å². The van der Waals surface area contributed by atoms with Gasteiger partial charge in [0.2, 0.25) is 0 Å². The van der Waals surface area contributed by atoms with Crippen LogP contribution in [0.3, 0.4) is 0 Å². The van der Waals surface area contributed by atoms with Crippen molar-refractivity contribution in [2.75, 3.05) is 14.2 Å². The highest BCUT2D eigenvalue weighted by atomic mass is 16.5. The Morgan fingerprint density at radius 1 is 0.724 bits per heavy atom. The van der Waals surface area contributed by atoms with Crippen molar-refractivity contribution in [3.63, 3.8) is 0 Å². The van der Waals surface area contributed by atoms with E-state index < -0.39 is 0 Å². The fourth-order valence-electron chi connectivity index (χ4n) is 4.02. The average molecular weight is 382 g/mol. The van der Waals surface area contributed by atoms with Gasteiger partial charge in [0, 0.05) is 24.1 Å². The van der Waals surface area contributed by atoms with Crippen LogP contribution in [-0.4, -0.2) is 23.8 Å². The van der Waals surface area contributed by atoms with Crippen LogP contribution < -0.4 is 9.47 Å². The molecule has 144 valence electrons. The lowest BCUT2D eigenvalue weighted by molar-refractivity contribution is 0.414. The fourth-order valence-corrected chi connectivity index (χ4v) is 4.02. The Balaban J connectivity index is 1.68. The van der Waals surface area contributed by atoms with E-state index in [1.54, 1.807) is 14.2 Å². The molecule has 29 heavy (non-hydrogen) atoms. The number of aromatic nitrogens is 2. The molecule has 5 rings (SSSR count). The molecule has 4 aromatic rings. The van der Waals surface area contributed by atoms with Crippen molar-refractivity contribution < 1.29 is 9.47 Å². The summed E-state index contributed by atoms with van der Waals surface area (Å²) in [6.07, 6.45) is 0.843. The largest absolute Gasteiger partial charge is 0.497 e. The fraction of sp³-hybridized carbons (Fsp3) is 0.160. The van der Waals surface area contributed by atoms with E-state index in [2.05, 4.69) is 53.1 Å². The van der Waals surface area contributed by atoms with E-state index >= 15 is 0 Å². The van der Waals surface area contributed by atoms with Gasteiger partial charge in [0.1, 0.15) is 17.3 Å². The summed E-state index contributed by atoms with van der Waals surface area (Å²) in [6.45, 7) is 0.829. The Bertz CT molecular complexity index is 1160. The van der Waals surface area contributed by atoms with Crippen molar-refractivity contribution in [1.29, 1.82) is 0 Å². The molecule has 0 radical (unpaired) electrons. The van der Waals surface area contributed by atoms with Crippen LogP contribution in [0.1, 0.15) is 17.0 Å². The summed E-state index contributed by atoms with van der Waals surface area (Å²) in [6, 6.07) is 25.0. The monoisotopic (exact) mass is 382 g/mol. The molecule has 0 unspecified atom stereocenters. The summed E-state index contributed by atoms with van der Waals surface area (Å²) >= 11 is 0. The van der Waals surface area contributed by atoms with E-state index in [-0.39, 0.29) is 0 Å². The second kappa shape index (κ2) is 7.13. The molecule has 0 bridgehead atoms. The molecule has 1 aliphatic rings. The lowest BCUT2D eigenvalue weighted by atomic mass is 10.00. The number of hydrogen-bond acceptors (Lipinski definition) is 3. The Kier molecular flexibility index (Phi) is 4.32. The summed E-state index contributed by atoms with van der Waals surface area (Å²) in [5, 5.41) is 0. The molecule has 0 N–H and O–H groups in total. The SMILES string of the molecule is COc1ccc(-c2nc3n(c2-c2ccc(OC)cc2)Cc2ccccc2C3)cc1. The number of nitrogens with zero attached hydrogens (tertiary/aromatic N) is 2. The Morgan fingerprint density at radius 3 is 1.93 bits per heavy atom. The smallest absolute Gasteiger partial charge is 0.118 e. The van der Waals surface area contributed by atoms with Crippen LogP contribution in [0.15, 0.2) is 72.8 Å². The quantitative estimate of drug-likeness (QED) is 0.429. The minimum absolute atomic E-state index is 0.829. The minimum Gasteiger partial charge on any atom is -0.497 e. The van der Waals surface area contributed by atoms with Crippen molar-refractivity contribution in [3.05, 3.63) is 89.7 Å². The maximum atomic E-state index is 5.35. The van der Waals surface area contributed by atoms with Gasteiger partial charge in [-0.15, -0.1) is 0 Å². The summed E-state index contributed by atoms with van der Waals surface area (Å²) in [5.41, 5.74) is 7.07. The third-order valence-electron chi connectivity index (χ3n) is 5.57. The van der Waals surface area contributed by atoms with Gasteiger partial charge in [-0.05, 0) is 59.7 Å². The predicted octanol–water partition coefficient (Wildman–Crippen LogP) is 5.19. The lowest BCUT2D eigenvalue weighted by Gasteiger charge is -2.20. The Morgan fingerprint density at radius 2 is 1.31 bits per heavy atom. The zero-order chi connectivity index (χ0) is 19.8. The first-order valence-electron chi connectivity index (χ1n) is 9.72. The highest BCUT2D eigenvalue weighted by molar-refractivity contribution is 5.80. The third-order valence-corrected chi connectivity index (χ3v) is 5.57. The number of fused-ring (bicyclic) bond motifs is 2. The number of hydrogen-bond donors (Lipinski definition) is 0. The Labute approximate surface area is 170 Å². The molecule has 1 aromatic heterocycles. The molecule has 0 amide bonds. The average Bonchev–Trinajstić information content (AvgIpc) is 3.15. The number of rotatable bonds is 4. The molecule has 4 nitrogen and oxygen atoms in total. The van der Waals surface area contributed by atoms with E-state index in [1.807, 2.05) is 24.3 Å². The van der Waals surface area contributed by atoms with Crippen LogP contribution in [0.25, 0.3) is 22.5 Å². The van der Waals surface area contributed by atoms with Gasteiger partial charge >= 0.3 is 0 Å². The van der Waals surface area contributed by atoms with Crippen molar-refractivity contribution in [2.45, 2.75) is 13.0 Å². The van der Waals surface area contributed by atoms with Crippen LogP contribution in [0, 0.1) is 0 Å². The standard InChI is InChI=1S/C25H22N2O2/c1-28-21-11-7-17(8-12-21)24-25(18-9-13-22(29-2)14-10-18)27-16-20-6-4-3-5-19(20)15-23(27)26-24/h3-14H,15-16H2,1-2H3. The highest BCUT2D eigenvalue weighted by Crippen LogP contribution is 2.37. The van der Waals surface area contributed by atoms with E-state index in [9.17, 15) is 0 Å². The number of methoxy groups -OCH3 is 2. The van der Waals surface area contributed by atoms with Crippen molar-refractivity contribution >= 4 is 0 Å². The number of benzene rings is 3. The van der Waals surface area contributed by atoms with Gasteiger partial charge in [0.05, 0.1) is 25.6 Å². The molecule has 0 spiro atoms. The third kappa shape index (κ3) is 3.07.